The molecule has 1 unspecified atom stereocenters. The lowest BCUT2D eigenvalue weighted by molar-refractivity contribution is 0.0374. The average Bonchev–Trinajstić information content (AvgIpc) is 2.62. The number of hydrogen-bond acceptors (Lipinski definition) is 3. The molecule has 1 aromatic heterocycles. The van der Waals surface area contributed by atoms with Gasteiger partial charge in [0.1, 0.15) is 0 Å². The highest BCUT2D eigenvalue weighted by atomic mass is 16.5. The van der Waals surface area contributed by atoms with Gasteiger partial charge in [-0.1, -0.05) is 36.4 Å². The maximum absolute atomic E-state index is 5.66. The first kappa shape index (κ1) is 16.2. The molecule has 1 aromatic carbocycles. The lowest BCUT2D eigenvalue weighted by atomic mass is 10.0. The van der Waals surface area contributed by atoms with Crippen molar-refractivity contribution in [3.05, 3.63) is 66.0 Å². The molecule has 3 heteroatoms. The van der Waals surface area contributed by atoms with Crippen LogP contribution in [-0.2, 0) is 17.7 Å². The lowest BCUT2D eigenvalue weighted by Crippen LogP contribution is -2.34. The molecule has 0 aliphatic carbocycles. The molecule has 0 N–H and O–H groups in total. The number of benzene rings is 1. The Balaban J connectivity index is 1.60. The van der Waals surface area contributed by atoms with E-state index in [0.717, 1.165) is 39.3 Å². The predicted molar refractivity (Wildman–Crippen MR) is 93.2 cm³/mol. The topological polar surface area (TPSA) is 25.4 Å². The smallest absolute Gasteiger partial charge is 0.0506 e. The van der Waals surface area contributed by atoms with E-state index in [1.165, 1.54) is 24.0 Å². The van der Waals surface area contributed by atoms with E-state index in [9.17, 15) is 0 Å². The monoisotopic (exact) mass is 310 g/mol. The summed E-state index contributed by atoms with van der Waals surface area (Å²) in [7, 11) is 0. The van der Waals surface area contributed by atoms with Crippen molar-refractivity contribution < 1.29 is 4.74 Å². The predicted octanol–water partition coefficient (Wildman–Crippen LogP) is 3.55. The minimum absolute atomic E-state index is 0.663. The number of nitrogens with zero attached hydrogens (tertiary/aromatic N) is 2. The highest BCUT2D eigenvalue weighted by molar-refractivity contribution is 5.15. The van der Waals surface area contributed by atoms with Crippen molar-refractivity contribution in [3.63, 3.8) is 0 Å². The summed E-state index contributed by atoms with van der Waals surface area (Å²) in [4.78, 5) is 6.81. The van der Waals surface area contributed by atoms with Crippen molar-refractivity contribution in [1.29, 1.82) is 0 Å². The standard InChI is InChI=1S/C20H26N2O/c1-2-6-18(7-3-1)10-12-22(15-19-8-4-11-21-14-19)16-20-9-5-13-23-17-20/h1-4,6-8,11,14,20H,5,9-10,12-13,15-17H2. The molecule has 23 heavy (non-hydrogen) atoms. The van der Waals surface area contributed by atoms with Gasteiger partial charge < -0.3 is 4.74 Å². The van der Waals surface area contributed by atoms with Crippen LogP contribution in [0.15, 0.2) is 54.9 Å². The van der Waals surface area contributed by atoms with Crippen LogP contribution in [0.4, 0.5) is 0 Å². The third-order valence-electron chi connectivity index (χ3n) is 4.46. The fraction of sp³-hybridized carbons (Fsp3) is 0.450. The Hall–Kier alpha value is -1.71. The van der Waals surface area contributed by atoms with Crippen LogP contribution in [0.5, 0.6) is 0 Å². The van der Waals surface area contributed by atoms with Gasteiger partial charge >= 0.3 is 0 Å². The van der Waals surface area contributed by atoms with E-state index in [1.807, 2.05) is 18.5 Å². The van der Waals surface area contributed by atoms with Crippen molar-refractivity contribution in [2.75, 3.05) is 26.3 Å². The number of rotatable bonds is 7. The highest BCUT2D eigenvalue weighted by Crippen LogP contribution is 2.17. The van der Waals surface area contributed by atoms with Gasteiger partial charge in [0.25, 0.3) is 0 Å². The molecule has 1 saturated heterocycles. The first-order chi connectivity index (χ1) is 11.4. The van der Waals surface area contributed by atoms with Crippen LogP contribution in [0.2, 0.25) is 0 Å². The maximum Gasteiger partial charge on any atom is 0.0506 e. The number of ether oxygens (including phenoxy) is 1. The van der Waals surface area contributed by atoms with Crippen LogP contribution in [0.3, 0.4) is 0 Å². The Morgan fingerprint density at radius 2 is 1.96 bits per heavy atom. The molecule has 1 atom stereocenters. The highest BCUT2D eigenvalue weighted by Gasteiger charge is 2.18. The molecule has 3 nitrogen and oxygen atoms in total. The Bertz CT molecular complexity index is 552. The van der Waals surface area contributed by atoms with Gasteiger partial charge in [-0.05, 0) is 42.4 Å². The summed E-state index contributed by atoms with van der Waals surface area (Å²) in [6.07, 6.45) is 7.40. The van der Waals surface area contributed by atoms with Crippen LogP contribution in [0, 0.1) is 5.92 Å². The van der Waals surface area contributed by atoms with Gasteiger partial charge in [-0.25, -0.2) is 0 Å². The van der Waals surface area contributed by atoms with Gasteiger partial charge in [0, 0.05) is 38.6 Å². The normalized spacial score (nSPS) is 18.2. The number of aromatic nitrogens is 1. The first-order valence-corrected chi connectivity index (χ1v) is 8.63. The third kappa shape index (κ3) is 5.45. The summed E-state index contributed by atoms with van der Waals surface area (Å²) < 4.78 is 5.66. The molecular formula is C20H26N2O. The Morgan fingerprint density at radius 3 is 2.70 bits per heavy atom. The van der Waals surface area contributed by atoms with E-state index < -0.39 is 0 Å². The number of pyridine rings is 1. The van der Waals surface area contributed by atoms with Gasteiger partial charge in [0.15, 0.2) is 0 Å². The molecule has 0 spiro atoms. The molecule has 2 aromatic rings. The van der Waals surface area contributed by atoms with Gasteiger partial charge in [-0.3, -0.25) is 9.88 Å². The van der Waals surface area contributed by atoms with Crippen LogP contribution < -0.4 is 0 Å². The van der Waals surface area contributed by atoms with Gasteiger partial charge in [0.05, 0.1) is 6.61 Å². The zero-order valence-corrected chi connectivity index (χ0v) is 13.7. The van der Waals surface area contributed by atoms with E-state index >= 15 is 0 Å². The SMILES string of the molecule is c1ccc(CCN(Cc2cccnc2)CC2CCCOC2)cc1. The molecule has 122 valence electrons. The van der Waals surface area contributed by atoms with Crippen LogP contribution >= 0.6 is 0 Å². The summed E-state index contributed by atoms with van der Waals surface area (Å²) >= 11 is 0. The lowest BCUT2D eigenvalue weighted by Gasteiger charge is -2.29. The van der Waals surface area contributed by atoms with Gasteiger partial charge in [0.2, 0.25) is 0 Å². The minimum Gasteiger partial charge on any atom is -0.381 e. The third-order valence-corrected chi connectivity index (χ3v) is 4.46. The van der Waals surface area contributed by atoms with Crippen LogP contribution in [-0.4, -0.2) is 36.2 Å². The summed E-state index contributed by atoms with van der Waals surface area (Å²) in [6, 6.07) is 14.9. The Morgan fingerprint density at radius 1 is 1.09 bits per heavy atom. The molecular weight excluding hydrogens is 284 g/mol. The molecule has 3 rings (SSSR count). The fourth-order valence-electron chi connectivity index (χ4n) is 3.23. The molecule has 0 bridgehead atoms. The molecule has 0 saturated carbocycles. The van der Waals surface area contributed by atoms with Crippen molar-refractivity contribution in [2.24, 2.45) is 5.92 Å². The summed E-state index contributed by atoms with van der Waals surface area (Å²) in [5.74, 6) is 0.663. The maximum atomic E-state index is 5.66. The Labute approximate surface area is 139 Å². The average molecular weight is 310 g/mol. The van der Waals surface area contributed by atoms with Crippen molar-refractivity contribution in [3.8, 4) is 0 Å². The summed E-state index contributed by atoms with van der Waals surface area (Å²) in [5, 5.41) is 0. The van der Waals surface area contributed by atoms with Crippen molar-refractivity contribution >= 4 is 0 Å². The van der Waals surface area contributed by atoms with Gasteiger partial charge in [-0.2, -0.15) is 0 Å². The molecule has 0 radical (unpaired) electrons. The molecule has 1 aliphatic heterocycles. The largest absolute Gasteiger partial charge is 0.381 e. The van der Waals surface area contributed by atoms with E-state index in [-0.39, 0.29) is 0 Å². The quantitative estimate of drug-likeness (QED) is 0.782. The number of hydrogen-bond donors (Lipinski definition) is 0. The van der Waals surface area contributed by atoms with Crippen LogP contribution in [0.1, 0.15) is 24.0 Å². The Kier molecular flexibility index (Phi) is 6.18. The molecule has 2 heterocycles. The fourth-order valence-corrected chi connectivity index (χ4v) is 3.23. The van der Waals surface area contributed by atoms with Crippen molar-refractivity contribution in [2.45, 2.75) is 25.8 Å². The second-order valence-electron chi connectivity index (χ2n) is 6.42. The minimum atomic E-state index is 0.663. The second-order valence-corrected chi connectivity index (χ2v) is 6.42. The van der Waals surface area contributed by atoms with Gasteiger partial charge in [-0.15, -0.1) is 0 Å². The van der Waals surface area contributed by atoms with E-state index in [4.69, 9.17) is 4.74 Å². The second kappa shape index (κ2) is 8.80. The van der Waals surface area contributed by atoms with Crippen molar-refractivity contribution in [1.82, 2.24) is 9.88 Å². The summed E-state index contributed by atoms with van der Waals surface area (Å²) in [6.45, 7) is 5.01. The van der Waals surface area contributed by atoms with E-state index in [1.54, 1.807) is 0 Å². The van der Waals surface area contributed by atoms with Crippen LogP contribution in [0.25, 0.3) is 0 Å². The molecule has 1 fully saturated rings. The van der Waals surface area contributed by atoms with E-state index in [0.29, 0.717) is 5.92 Å². The molecule has 0 amide bonds. The zero-order valence-electron chi connectivity index (χ0n) is 13.7. The first-order valence-electron chi connectivity index (χ1n) is 8.63. The zero-order chi connectivity index (χ0) is 15.7. The molecule has 1 aliphatic rings. The van der Waals surface area contributed by atoms with E-state index in [2.05, 4.69) is 46.3 Å². The summed E-state index contributed by atoms with van der Waals surface area (Å²) in [5.41, 5.74) is 2.70.